The van der Waals surface area contributed by atoms with Gasteiger partial charge in [0.15, 0.2) is 0 Å². The molecule has 0 spiro atoms. The molecule has 0 heterocycles. The second kappa shape index (κ2) is 6.75. The molecule has 0 aromatic heterocycles. The molecule has 0 radical (unpaired) electrons. The molecule has 0 fully saturated rings. The first kappa shape index (κ1) is 15.0. The number of benzene rings is 1. The van der Waals surface area contributed by atoms with Crippen LogP contribution in [0.25, 0.3) is 0 Å². The largest absolute Gasteiger partial charge is 0.480 e. The number of hydrogen-bond acceptors (Lipinski definition) is 2. The monoisotopic (exact) mass is 333 g/mol. The number of nitrogens with one attached hydrogen (secondary N) is 1. The molecule has 98 valence electrons. The molecule has 0 saturated heterocycles. The van der Waals surface area contributed by atoms with Gasteiger partial charge in [-0.25, -0.2) is 4.79 Å². The molecule has 0 saturated carbocycles. The van der Waals surface area contributed by atoms with E-state index in [2.05, 4.69) is 21.2 Å². The van der Waals surface area contributed by atoms with Crippen LogP contribution in [-0.4, -0.2) is 23.0 Å². The number of amides is 1. The minimum Gasteiger partial charge on any atom is -0.480 e. The summed E-state index contributed by atoms with van der Waals surface area (Å²) in [6, 6.07) is 3.90. The Bertz CT molecular complexity index is 465. The highest BCUT2D eigenvalue weighted by atomic mass is 79.9. The molecule has 0 aliphatic carbocycles. The van der Waals surface area contributed by atoms with Crippen molar-refractivity contribution < 1.29 is 14.7 Å². The van der Waals surface area contributed by atoms with E-state index in [0.717, 1.165) is 0 Å². The molecule has 2 N–H and O–H groups in total. The number of carboxylic acid groups (broad SMARTS) is 1. The zero-order valence-corrected chi connectivity index (χ0v) is 12.1. The fourth-order valence-corrected chi connectivity index (χ4v) is 2.05. The van der Waals surface area contributed by atoms with Gasteiger partial charge in [-0.2, -0.15) is 0 Å². The van der Waals surface area contributed by atoms with Crippen LogP contribution in [0.15, 0.2) is 22.7 Å². The van der Waals surface area contributed by atoms with E-state index in [1.54, 1.807) is 12.1 Å². The Hall–Kier alpha value is -1.07. The van der Waals surface area contributed by atoms with Crippen LogP contribution in [0, 0.1) is 0 Å². The average molecular weight is 335 g/mol. The summed E-state index contributed by atoms with van der Waals surface area (Å²) in [6.45, 7) is 1.86. The van der Waals surface area contributed by atoms with Crippen molar-refractivity contribution in [2.45, 2.75) is 25.8 Å². The molecule has 1 unspecified atom stereocenters. The molecule has 1 rings (SSSR count). The number of carbonyl (C=O) groups is 2. The zero-order valence-electron chi connectivity index (χ0n) is 9.74. The number of halogens is 2. The van der Waals surface area contributed by atoms with E-state index >= 15 is 0 Å². The molecular weight excluding hydrogens is 321 g/mol. The van der Waals surface area contributed by atoms with E-state index in [-0.39, 0.29) is 0 Å². The van der Waals surface area contributed by atoms with E-state index in [1.807, 2.05) is 6.92 Å². The average Bonchev–Trinajstić information content (AvgIpc) is 2.31. The Morgan fingerprint density at radius 3 is 2.72 bits per heavy atom. The van der Waals surface area contributed by atoms with E-state index < -0.39 is 17.9 Å². The van der Waals surface area contributed by atoms with Crippen molar-refractivity contribution >= 4 is 39.4 Å². The smallest absolute Gasteiger partial charge is 0.326 e. The van der Waals surface area contributed by atoms with Crippen LogP contribution in [-0.2, 0) is 4.79 Å². The summed E-state index contributed by atoms with van der Waals surface area (Å²) in [5.74, 6) is -1.49. The number of rotatable bonds is 5. The van der Waals surface area contributed by atoms with Gasteiger partial charge in [-0.3, -0.25) is 4.79 Å². The van der Waals surface area contributed by atoms with Crippen LogP contribution in [0.3, 0.4) is 0 Å². The summed E-state index contributed by atoms with van der Waals surface area (Å²) in [5, 5.41) is 11.9. The summed E-state index contributed by atoms with van der Waals surface area (Å²) >= 11 is 9.03. The van der Waals surface area contributed by atoms with Crippen molar-refractivity contribution in [1.82, 2.24) is 5.32 Å². The van der Waals surface area contributed by atoms with Crippen molar-refractivity contribution in [1.29, 1.82) is 0 Å². The number of hydrogen-bond donors (Lipinski definition) is 2. The van der Waals surface area contributed by atoms with Crippen LogP contribution in [0.2, 0.25) is 5.02 Å². The lowest BCUT2D eigenvalue weighted by molar-refractivity contribution is -0.139. The topological polar surface area (TPSA) is 66.4 Å². The Morgan fingerprint density at radius 2 is 2.17 bits per heavy atom. The van der Waals surface area contributed by atoms with Crippen molar-refractivity contribution in [2.75, 3.05) is 0 Å². The Labute approximate surface area is 118 Å². The standard InChI is InChI=1S/C12H13BrClNO3/c1-2-3-10(12(17)18)15-11(16)8-6-7(14)4-5-9(8)13/h4-6,10H,2-3H2,1H3,(H,15,16)(H,17,18). The van der Waals surface area contributed by atoms with Gasteiger partial charge in [-0.15, -0.1) is 0 Å². The molecule has 4 nitrogen and oxygen atoms in total. The summed E-state index contributed by atoms with van der Waals surface area (Å²) in [4.78, 5) is 22.9. The Morgan fingerprint density at radius 1 is 1.50 bits per heavy atom. The van der Waals surface area contributed by atoms with E-state index in [9.17, 15) is 9.59 Å². The van der Waals surface area contributed by atoms with Crippen LogP contribution in [0.4, 0.5) is 0 Å². The lowest BCUT2D eigenvalue weighted by atomic mass is 10.1. The van der Waals surface area contributed by atoms with Crippen LogP contribution < -0.4 is 5.32 Å². The second-order valence-electron chi connectivity index (χ2n) is 3.78. The van der Waals surface area contributed by atoms with E-state index in [4.69, 9.17) is 16.7 Å². The van der Waals surface area contributed by atoms with Gasteiger partial charge in [0.2, 0.25) is 0 Å². The first-order chi connectivity index (χ1) is 8.45. The van der Waals surface area contributed by atoms with E-state index in [0.29, 0.717) is 27.9 Å². The van der Waals surface area contributed by atoms with Crippen molar-refractivity contribution in [3.8, 4) is 0 Å². The van der Waals surface area contributed by atoms with Gasteiger partial charge in [0, 0.05) is 9.50 Å². The molecule has 0 aliphatic rings. The van der Waals surface area contributed by atoms with Crippen LogP contribution in [0.5, 0.6) is 0 Å². The predicted octanol–water partition coefficient (Wildman–Crippen LogP) is 3.09. The van der Waals surface area contributed by atoms with Gasteiger partial charge in [-0.1, -0.05) is 24.9 Å². The second-order valence-corrected chi connectivity index (χ2v) is 5.07. The molecule has 18 heavy (non-hydrogen) atoms. The van der Waals surface area contributed by atoms with Crippen molar-refractivity contribution in [2.24, 2.45) is 0 Å². The molecule has 1 amide bonds. The summed E-state index contributed by atoms with van der Waals surface area (Å²) in [7, 11) is 0. The third-order valence-electron chi connectivity index (χ3n) is 2.35. The van der Waals surface area contributed by atoms with Gasteiger partial charge in [0.05, 0.1) is 5.56 Å². The van der Waals surface area contributed by atoms with Gasteiger partial charge >= 0.3 is 5.97 Å². The van der Waals surface area contributed by atoms with Gasteiger partial charge in [-0.05, 0) is 40.5 Å². The highest BCUT2D eigenvalue weighted by Gasteiger charge is 2.20. The maximum atomic E-state index is 11.9. The quantitative estimate of drug-likeness (QED) is 0.869. The third-order valence-corrected chi connectivity index (χ3v) is 3.28. The summed E-state index contributed by atoms with van der Waals surface area (Å²) < 4.78 is 0.574. The normalized spacial score (nSPS) is 11.9. The van der Waals surface area contributed by atoms with Crippen LogP contribution in [0.1, 0.15) is 30.1 Å². The maximum absolute atomic E-state index is 11.9. The Kier molecular flexibility index (Phi) is 5.62. The van der Waals surface area contributed by atoms with Crippen molar-refractivity contribution in [3.05, 3.63) is 33.3 Å². The SMILES string of the molecule is CCCC(NC(=O)c1cc(Cl)ccc1Br)C(=O)O. The molecule has 1 aromatic carbocycles. The Balaban J connectivity index is 2.86. The minimum absolute atomic E-state index is 0.324. The highest BCUT2D eigenvalue weighted by molar-refractivity contribution is 9.10. The molecule has 0 aliphatic heterocycles. The predicted molar refractivity (Wildman–Crippen MR) is 73.0 cm³/mol. The number of carboxylic acids is 1. The van der Waals surface area contributed by atoms with Gasteiger partial charge in [0.1, 0.15) is 6.04 Å². The fraction of sp³-hybridized carbons (Fsp3) is 0.333. The number of carbonyl (C=O) groups excluding carboxylic acids is 1. The third kappa shape index (κ3) is 3.99. The maximum Gasteiger partial charge on any atom is 0.326 e. The zero-order chi connectivity index (χ0) is 13.7. The summed E-state index contributed by atoms with van der Waals surface area (Å²) in [6.07, 6.45) is 1.06. The van der Waals surface area contributed by atoms with Crippen LogP contribution >= 0.6 is 27.5 Å². The molecule has 1 atom stereocenters. The number of aliphatic carboxylic acids is 1. The first-order valence-corrected chi connectivity index (χ1v) is 6.61. The lowest BCUT2D eigenvalue weighted by Gasteiger charge is -2.14. The summed E-state index contributed by atoms with van der Waals surface area (Å²) in [5.41, 5.74) is 0.324. The highest BCUT2D eigenvalue weighted by Crippen LogP contribution is 2.21. The minimum atomic E-state index is -1.04. The first-order valence-electron chi connectivity index (χ1n) is 5.44. The molecular formula is C12H13BrClNO3. The van der Waals surface area contributed by atoms with E-state index in [1.165, 1.54) is 6.07 Å². The van der Waals surface area contributed by atoms with Crippen molar-refractivity contribution in [3.63, 3.8) is 0 Å². The molecule has 1 aromatic rings. The molecule has 6 heteroatoms. The fourth-order valence-electron chi connectivity index (χ4n) is 1.45. The van der Waals surface area contributed by atoms with Gasteiger partial charge < -0.3 is 10.4 Å². The lowest BCUT2D eigenvalue weighted by Crippen LogP contribution is -2.40. The molecule has 0 bridgehead atoms. The van der Waals surface area contributed by atoms with Gasteiger partial charge in [0.25, 0.3) is 5.91 Å².